The first-order valence-corrected chi connectivity index (χ1v) is 12.6. The number of halogens is 4. The van der Waals surface area contributed by atoms with Crippen LogP contribution in [0.15, 0.2) is 52.2 Å². The Labute approximate surface area is 223 Å². The van der Waals surface area contributed by atoms with E-state index >= 15 is 0 Å². The first-order chi connectivity index (χ1) is 19.0. The zero-order chi connectivity index (χ0) is 28.8. The fourth-order valence-corrected chi connectivity index (χ4v) is 5.41. The number of carbonyl (C=O) groups is 1. The Morgan fingerprint density at radius 1 is 1.12 bits per heavy atom. The molecule has 2 aromatic heterocycles. The van der Waals surface area contributed by atoms with Gasteiger partial charge in [0, 0.05) is 6.04 Å². The highest BCUT2D eigenvalue weighted by Gasteiger charge is 2.37. The molecule has 40 heavy (non-hydrogen) atoms. The largest absolute Gasteiger partial charge is 0.511 e. The molecule has 2 aromatic carbocycles. The van der Waals surface area contributed by atoms with Gasteiger partial charge in [-0.25, -0.2) is 19.0 Å². The maximum atomic E-state index is 14.2. The van der Waals surface area contributed by atoms with Gasteiger partial charge in [0.05, 0.1) is 35.0 Å². The molecule has 0 spiro atoms. The fourth-order valence-electron chi connectivity index (χ4n) is 5.41. The topological polar surface area (TPSA) is 108 Å². The van der Waals surface area contributed by atoms with Crippen molar-refractivity contribution in [2.24, 2.45) is 0 Å². The van der Waals surface area contributed by atoms with E-state index in [-0.39, 0.29) is 11.7 Å². The molecule has 1 saturated carbocycles. The lowest BCUT2D eigenvalue weighted by atomic mass is 9.95. The number of hydrogen-bond donors (Lipinski definition) is 1. The molecule has 0 unspecified atom stereocenters. The van der Waals surface area contributed by atoms with Gasteiger partial charge in [0.25, 0.3) is 5.56 Å². The molecule has 13 heteroatoms. The van der Waals surface area contributed by atoms with E-state index in [9.17, 15) is 31.9 Å². The highest BCUT2D eigenvalue weighted by molar-refractivity contribution is 5.78. The SMILES string of the molecule is Cc1nc2cc(-n3cc(OC(=O)O)c(=O)n(Cc4cccc(F)c4C(F)(F)F)c3=O)ccc2n1C1CCCCC1. The third-order valence-corrected chi connectivity index (χ3v) is 7.12. The van der Waals surface area contributed by atoms with Gasteiger partial charge < -0.3 is 14.4 Å². The van der Waals surface area contributed by atoms with Crippen LogP contribution in [0, 0.1) is 12.7 Å². The summed E-state index contributed by atoms with van der Waals surface area (Å²) in [5.41, 5.74) is -3.17. The predicted octanol–water partition coefficient (Wildman–Crippen LogP) is 5.43. The molecule has 2 heterocycles. The number of fused-ring (bicyclic) bond motifs is 1. The van der Waals surface area contributed by atoms with Gasteiger partial charge in [0.2, 0.25) is 5.75 Å². The van der Waals surface area contributed by atoms with Crippen LogP contribution in [0.3, 0.4) is 0 Å². The Hall–Kier alpha value is -4.42. The second-order valence-electron chi connectivity index (χ2n) is 9.67. The summed E-state index contributed by atoms with van der Waals surface area (Å²) in [5, 5.41) is 9.12. The van der Waals surface area contributed by atoms with Crippen molar-refractivity contribution in [3.8, 4) is 11.4 Å². The monoisotopic (exact) mass is 560 g/mol. The van der Waals surface area contributed by atoms with Gasteiger partial charge in [0.1, 0.15) is 11.6 Å². The molecule has 0 aliphatic heterocycles. The summed E-state index contributed by atoms with van der Waals surface area (Å²) in [7, 11) is 0. The first kappa shape index (κ1) is 27.2. The fraction of sp³-hybridized carbons (Fsp3) is 0.333. The molecule has 210 valence electrons. The predicted molar refractivity (Wildman–Crippen MR) is 136 cm³/mol. The number of aryl methyl sites for hydroxylation is 1. The van der Waals surface area contributed by atoms with E-state index in [1.807, 2.05) is 6.92 Å². The summed E-state index contributed by atoms with van der Waals surface area (Å²) in [5.74, 6) is -1.62. The van der Waals surface area contributed by atoms with Crippen molar-refractivity contribution in [3.05, 3.63) is 86.2 Å². The highest BCUT2D eigenvalue weighted by Crippen LogP contribution is 2.35. The second kappa shape index (κ2) is 10.3. The standard InChI is InChI=1S/C27H24F4N4O5/c1-15-32-20-12-18(10-11-21(20)35(15)17-7-3-2-4-8-17)33-14-22(40-26(38)39)24(36)34(25(33)37)13-16-6-5-9-19(28)23(16)27(29,30)31/h5-6,9-12,14,17H,2-4,7-8,13H2,1H3,(H,38,39). The number of rotatable bonds is 5. The van der Waals surface area contributed by atoms with Crippen LogP contribution in [0.1, 0.15) is 55.1 Å². The molecule has 0 radical (unpaired) electrons. The molecule has 1 aliphatic rings. The summed E-state index contributed by atoms with van der Waals surface area (Å²) in [6.45, 7) is 0.884. The maximum Gasteiger partial charge on any atom is 0.511 e. The third kappa shape index (κ3) is 4.98. The van der Waals surface area contributed by atoms with Crippen LogP contribution in [0.4, 0.5) is 22.4 Å². The normalized spacial score (nSPS) is 14.5. The second-order valence-corrected chi connectivity index (χ2v) is 9.67. The van der Waals surface area contributed by atoms with Crippen LogP contribution in [0.2, 0.25) is 0 Å². The number of hydrogen-bond acceptors (Lipinski definition) is 5. The Balaban J connectivity index is 1.66. The van der Waals surface area contributed by atoms with Crippen LogP contribution < -0.4 is 16.0 Å². The maximum absolute atomic E-state index is 14.2. The van der Waals surface area contributed by atoms with Crippen LogP contribution in [0.25, 0.3) is 16.7 Å². The molecule has 9 nitrogen and oxygen atoms in total. The van der Waals surface area contributed by atoms with Gasteiger partial charge in [-0.05, 0) is 49.6 Å². The van der Waals surface area contributed by atoms with Crippen LogP contribution in [0.5, 0.6) is 5.75 Å². The van der Waals surface area contributed by atoms with Crippen molar-refractivity contribution in [1.82, 2.24) is 18.7 Å². The van der Waals surface area contributed by atoms with Gasteiger partial charge in [-0.3, -0.25) is 13.9 Å². The molecule has 0 bridgehead atoms. The van der Waals surface area contributed by atoms with Crippen molar-refractivity contribution in [2.45, 2.75) is 57.8 Å². The number of alkyl halides is 3. The van der Waals surface area contributed by atoms with Gasteiger partial charge in [0.15, 0.2) is 0 Å². The summed E-state index contributed by atoms with van der Waals surface area (Å²) in [6.07, 6.45) is -0.725. The Morgan fingerprint density at radius 2 is 1.85 bits per heavy atom. The van der Waals surface area contributed by atoms with Gasteiger partial charge in [-0.2, -0.15) is 13.2 Å². The molecule has 4 aromatic rings. The van der Waals surface area contributed by atoms with Gasteiger partial charge >= 0.3 is 18.0 Å². The van der Waals surface area contributed by atoms with Crippen molar-refractivity contribution >= 4 is 17.2 Å². The average molecular weight is 561 g/mol. The molecule has 5 rings (SSSR count). The van der Waals surface area contributed by atoms with E-state index in [2.05, 4.69) is 14.3 Å². The number of aromatic nitrogens is 4. The minimum Gasteiger partial charge on any atom is -0.449 e. The molecule has 0 amide bonds. The van der Waals surface area contributed by atoms with E-state index in [1.165, 1.54) is 6.42 Å². The Morgan fingerprint density at radius 3 is 2.52 bits per heavy atom. The summed E-state index contributed by atoms with van der Waals surface area (Å²) in [6, 6.07) is 7.70. The third-order valence-electron chi connectivity index (χ3n) is 7.12. The quantitative estimate of drug-likeness (QED) is 0.258. The van der Waals surface area contributed by atoms with Crippen molar-refractivity contribution in [3.63, 3.8) is 0 Å². The number of ether oxygens (including phenoxy) is 1. The van der Waals surface area contributed by atoms with Crippen molar-refractivity contribution in [1.29, 1.82) is 0 Å². The molecule has 0 saturated heterocycles. The first-order valence-electron chi connectivity index (χ1n) is 12.6. The smallest absolute Gasteiger partial charge is 0.449 e. The van der Waals surface area contributed by atoms with E-state index in [0.717, 1.165) is 59.9 Å². The number of nitrogens with zero attached hydrogens (tertiary/aromatic N) is 4. The van der Waals surface area contributed by atoms with Gasteiger partial charge in [-0.15, -0.1) is 0 Å². The average Bonchev–Trinajstić information content (AvgIpc) is 3.22. The van der Waals surface area contributed by atoms with Crippen LogP contribution in [-0.4, -0.2) is 29.9 Å². The summed E-state index contributed by atoms with van der Waals surface area (Å²) in [4.78, 5) is 42.3. The molecule has 0 atom stereocenters. The van der Waals surface area contributed by atoms with Crippen LogP contribution in [-0.2, 0) is 12.7 Å². The van der Waals surface area contributed by atoms with E-state index in [0.29, 0.717) is 16.2 Å². The summed E-state index contributed by atoms with van der Waals surface area (Å²) >= 11 is 0. The Bertz CT molecular complexity index is 1730. The summed E-state index contributed by atoms with van der Waals surface area (Å²) < 4.78 is 62.9. The van der Waals surface area contributed by atoms with E-state index in [4.69, 9.17) is 5.11 Å². The number of carboxylic acid groups (broad SMARTS) is 1. The minimum atomic E-state index is -5.11. The molecule has 1 fully saturated rings. The zero-order valence-corrected chi connectivity index (χ0v) is 21.2. The lowest BCUT2D eigenvalue weighted by Gasteiger charge is -2.25. The molecular formula is C27H24F4N4O5. The van der Waals surface area contributed by atoms with Crippen molar-refractivity contribution < 1.29 is 32.2 Å². The molecule has 1 aliphatic carbocycles. The molecular weight excluding hydrogens is 536 g/mol. The number of imidazole rings is 1. The van der Waals surface area contributed by atoms with Crippen molar-refractivity contribution in [2.75, 3.05) is 0 Å². The molecule has 1 N–H and O–H groups in total. The lowest BCUT2D eigenvalue weighted by molar-refractivity contribution is -0.140. The highest BCUT2D eigenvalue weighted by atomic mass is 19.4. The zero-order valence-electron chi connectivity index (χ0n) is 21.2. The Kier molecular flexibility index (Phi) is 6.98. The minimum absolute atomic E-state index is 0.171. The van der Waals surface area contributed by atoms with Crippen LogP contribution >= 0.6 is 0 Å². The van der Waals surface area contributed by atoms with E-state index < -0.39 is 52.8 Å². The van der Waals surface area contributed by atoms with E-state index in [1.54, 1.807) is 18.2 Å². The number of benzene rings is 2. The van der Waals surface area contributed by atoms with Gasteiger partial charge in [-0.1, -0.05) is 31.4 Å². The lowest BCUT2D eigenvalue weighted by Crippen LogP contribution is -2.40.